The highest BCUT2D eigenvalue weighted by Gasteiger charge is 2.40. The van der Waals surface area contributed by atoms with Crippen LogP contribution in [0, 0.1) is 5.82 Å². The van der Waals surface area contributed by atoms with E-state index in [1.54, 1.807) is 23.4 Å². The minimum atomic E-state index is -1.92. The lowest BCUT2D eigenvalue weighted by Crippen LogP contribution is -2.43. The van der Waals surface area contributed by atoms with E-state index >= 15 is 0 Å². The van der Waals surface area contributed by atoms with Crippen molar-refractivity contribution in [2.75, 3.05) is 36.0 Å². The van der Waals surface area contributed by atoms with Gasteiger partial charge in [-0.2, -0.15) is 5.10 Å². The Kier molecular flexibility index (Phi) is 5.67. The Hall–Kier alpha value is -2.13. The number of anilines is 2. The first kappa shape index (κ1) is 20.6. The number of hydrogen-bond donors (Lipinski definition) is 1. The SMILES string of the molecule is CC(C)(C)[Si](C)(C)OC[C@H]1CN(c2ccc(N3C=NNCC3)c(F)c2)C(=O)O1. The van der Waals surface area contributed by atoms with Gasteiger partial charge in [-0.1, -0.05) is 20.8 Å². The lowest BCUT2D eigenvalue weighted by molar-refractivity contribution is 0.0997. The number of halogens is 1. The van der Waals surface area contributed by atoms with Gasteiger partial charge in [-0.3, -0.25) is 4.90 Å². The van der Waals surface area contributed by atoms with Gasteiger partial charge in [0.15, 0.2) is 8.32 Å². The Labute approximate surface area is 166 Å². The summed E-state index contributed by atoms with van der Waals surface area (Å²) in [7, 11) is -1.92. The van der Waals surface area contributed by atoms with Gasteiger partial charge in [-0.05, 0) is 36.3 Å². The van der Waals surface area contributed by atoms with Gasteiger partial charge in [0.25, 0.3) is 0 Å². The molecule has 154 valence electrons. The summed E-state index contributed by atoms with van der Waals surface area (Å²) in [4.78, 5) is 15.5. The molecular formula is C19H29FN4O3Si. The van der Waals surface area contributed by atoms with Crippen LogP contribution in [0.25, 0.3) is 0 Å². The molecule has 1 fully saturated rings. The van der Waals surface area contributed by atoms with Gasteiger partial charge in [-0.15, -0.1) is 0 Å². The standard InChI is InChI=1S/C19H29FN4O3Si/c1-19(2,3)28(4,5)26-12-15-11-24(18(25)27-15)14-6-7-17(16(20)10-14)23-9-8-21-22-13-23/h6-7,10,13,15,21H,8-9,11-12H2,1-5H3/t15-/m1/s1. The second-order valence-corrected chi connectivity index (χ2v) is 13.5. The van der Waals surface area contributed by atoms with Crippen molar-refractivity contribution in [2.45, 2.75) is 45.0 Å². The topological polar surface area (TPSA) is 66.4 Å². The molecule has 1 amide bonds. The van der Waals surface area contributed by atoms with Crippen molar-refractivity contribution in [1.82, 2.24) is 5.43 Å². The highest BCUT2D eigenvalue weighted by Crippen LogP contribution is 2.37. The summed E-state index contributed by atoms with van der Waals surface area (Å²) in [5.41, 5.74) is 3.74. The van der Waals surface area contributed by atoms with Crippen molar-refractivity contribution in [3.05, 3.63) is 24.0 Å². The van der Waals surface area contributed by atoms with Gasteiger partial charge < -0.3 is 19.5 Å². The molecular weight excluding hydrogens is 379 g/mol. The minimum Gasteiger partial charge on any atom is -0.442 e. The van der Waals surface area contributed by atoms with Crippen LogP contribution in [0.4, 0.5) is 20.6 Å². The smallest absolute Gasteiger partial charge is 0.414 e. The number of carbonyl (C=O) groups is 1. The fourth-order valence-corrected chi connectivity index (χ4v) is 3.86. The van der Waals surface area contributed by atoms with E-state index in [4.69, 9.17) is 9.16 Å². The highest BCUT2D eigenvalue weighted by atomic mass is 28.4. The molecule has 1 aromatic rings. The van der Waals surface area contributed by atoms with Crippen LogP contribution in [0.1, 0.15) is 20.8 Å². The third kappa shape index (κ3) is 4.30. The molecule has 1 aromatic carbocycles. The van der Waals surface area contributed by atoms with Crippen LogP contribution in [0.3, 0.4) is 0 Å². The average Bonchev–Trinajstić information content (AvgIpc) is 3.00. The summed E-state index contributed by atoms with van der Waals surface area (Å²) < 4.78 is 26.2. The predicted octanol–water partition coefficient (Wildman–Crippen LogP) is 3.53. The van der Waals surface area contributed by atoms with E-state index in [1.807, 2.05) is 0 Å². The first-order valence-electron chi connectivity index (χ1n) is 9.53. The largest absolute Gasteiger partial charge is 0.442 e. The molecule has 0 radical (unpaired) electrons. The maximum atomic E-state index is 14.6. The molecule has 28 heavy (non-hydrogen) atoms. The summed E-state index contributed by atoms with van der Waals surface area (Å²) in [5.74, 6) is -0.403. The Balaban J connectivity index is 1.66. The van der Waals surface area contributed by atoms with Crippen LogP contribution >= 0.6 is 0 Å². The molecule has 2 aliphatic rings. The van der Waals surface area contributed by atoms with Crippen molar-refractivity contribution in [1.29, 1.82) is 0 Å². The molecule has 0 spiro atoms. The second-order valence-electron chi connectivity index (χ2n) is 8.67. The van der Waals surface area contributed by atoms with E-state index in [0.717, 1.165) is 0 Å². The van der Waals surface area contributed by atoms with Crippen LogP contribution in [0.15, 0.2) is 23.3 Å². The molecule has 1 N–H and O–H groups in total. The van der Waals surface area contributed by atoms with E-state index in [0.29, 0.717) is 37.6 Å². The number of nitrogens with zero attached hydrogens (tertiary/aromatic N) is 3. The highest BCUT2D eigenvalue weighted by molar-refractivity contribution is 6.74. The number of amides is 1. The quantitative estimate of drug-likeness (QED) is 0.755. The number of rotatable bonds is 5. The van der Waals surface area contributed by atoms with Crippen LogP contribution in [-0.2, 0) is 9.16 Å². The van der Waals surface area contributed by atoms with Gasteiger partial charge in [0.1, 0.15) is 18.3 Å². The average molecular weight is 409 g/mol. The molecule has 0 unspecified atom stereocenters. The molecule has 9 heteroatoms. The zero-order valence-corrected chi connectivity index (χ0v) is 18.2. The van der Waals surface area contributed by atoms with Crippen LogP contribution in [0.2, 0.25) is 18.1 Å². The van der Waals surface area contributed by atoms with E-state index < -0.39 is 20.2 Å². The number of benzene rings is 1. The lowest BCUT2D eigenvalue weighted by atomic mass is 10.2. The molecule has 7 nitrogen and oxygen atoms in total. The van der Waals surface area contributed by atoms with E-state index in [1.165, 1.54) is 11.0 Å². The Bertz CT molecular complexity index is 766. The number of hydrogen-bond acceptors (Lipinski definition) is 6. The first-order chi connectivity index (χ1) is 13.1. The maximum absolute atomic E-state index is 14.6. The fraction of sp³-hybridized carbons (Fsp3) is 0.579. The van der Waals surface area contributed by atoms with Crippen molar-refractivity contribution in [3.63, 3.8) is 0 Å². The normalized spacial score (nSPS) is 20.4. The van der Waals surface area contributed by atoms with Gasteiger partial charge in [0.05, 0.1) is 31.1 Å². The third-order valence-electron chi connectivity index (χ3n) is 5.62. The molecule has 2 heterocycles. The lowest BCUT2D eigenvalue weighted by Gasteiger charge is -2.36. The zero-order valence-electron chi connectivity index (χ0n) is 17.2. The minimum absolute atomic E-state index is 0.0849. The predicted molar refractivity (Wildman–Crippen MR) is 111 cm³/mol. The molecule has 0 bridgehead atoms. The van der Waals surface area contributed by atoms with Crippen molar-refractivity contribution in [3.8, 4) is 0 Å². The van der Waals surface area contributed by atoms with Gasteiger partial charge in [0.2, 0.25) is 0 Å². The number of nitrogens with one attached hydrogen (secondary N) is 1. The third-order valence-corrected chi connectivity index (χ3v) is 10.1. The molecule has 1 saturated heterocycles. The molecule has 2 aliphatic heterocycles. The Morgan fingerprint density at radius 3 is 2.75 bits per heavy atom. The number of carbonyl (C=O) groups excluding carboxylic acids is 1. The second kappa shape index (κ2) is 7.71. The zero-order chi connectivity index (χ0) is 20.5. The van der Waals surface area contributed by atoms with Crippen LogP contribution in [0.5, 0.6) is 0 Å². The molecule has 0 aromatic heterocycles. The molecule has 1 atom stereocenters. The Morgan fingerprint density at radius 1 is 1.39 bits per heavy atom. The van der Waals surface area contributed by atoms with E-state index in [-0.39, 0.29) is 11.1 Å². The first-order valence-corrected chi connectivity index (χ1v) is 12.4. The molecule has 3 rings (SSSR count). The van der Waals surface area contributed by atoms with Crippen molar-refractivity contribution >= 4 is 32.1 Å². The van der Waals surface area contributed by atoms with E-state index in [9.17, 15) is 9.18 Å². The monoisotopic (exact) mass is 408 g/mol. The number of ether oxygens (including phenoxy) is 1. The fourth-order valence-electron chi connectivity index (χ4n) is 2.82. The van der Waals surface area contributed by atoms with E-state index in [2.05, 4.69) is 44.4 Å². The number of cyclic esters (lactones) is 1. The molecule has 0 aliphatic carbocycles. The Morgan fingerprint density at radius 2 is 2.14 bits per heavy atom. The summed E-state index contributed by atoms with van der Waals surface area (Å²) in [6.45, 7) is 12.8. The summed E-state index contributed by atoms with van der Waals surface area (Å²) in [6, 6.07) is 4.75. The van der Waals surface area contributed by atoms with Crippen molar-refractivity contribution < 1.29 is 18.3 Å². The van der Waals surface area contributed by atoms with Crippen molar-refractivity contribution in [2.24, 2.45) is 5.10 Å². The number of hydrazone groups is 1. The maximum Gasteiger partial charge on any atom is 0.414 e. The summed E-state index contributed by atoms with van der Waals surface area (Å²) >= 11 is 0. The van der Waals surface area contributed by atoms with Gasteiger partial charge >= 0.3 is 6.09 Å². The van der Waals surface area contributed by atoms with Gasteiger partial charge in [0, 0.05) is 6.54 Å². The molecule has 0 saturated carbocycles. The van der Waals surface area contributed by atoms with Gasteiger partial charge in [-0.25, -0.2) is 9.18 Å². The van der Waals surface area contributed by atoms with Crippen LogP contribution < -0.4 is 15.2 Å². The summed E-state index contributed by atoms with van der Waals surface area (Å²) in [6.07, 6.45) is 0.726. The van der Waals surface area contributed by atoms with Crippen LogP contribution in [-0.4, -0.2) is 53.1 Å². The summed E-state index contributed by atoms with van der Waals surface area (Å²) in [5, 5.41) is 4.03.